The average molecular weight is 231 g/mol. The number of benzene rings is 1. The van der Waals surface area contributed by atoms with Crippen LogP contribution in [0, 0.1) is 0 Å². The van der Waals surface area contributed by atoms with E-state index < -0.39 is 0 Å². The molecule has 1 N–H and O–H groups in total. The minimum atomic E-state index is 0.538. The van der Waals surface area contributed by atoms with Crippen LogP contribution in [0.3, 0.4) is 0 Å². The van der Waals surface area contributed by atoms with Crippen molar-refractivity contribution in [2.45, 2.75) is 6.54 Å². The number of fused-ring (bicyclic) bond motifs is 1. The maximum Gasteiger partial charge on any atom is 0.296 e. The molecular weight excluding hydrogens is 222 g/mol. The number of hydrogen-bond donors (Lipinski definition) is 1. The van der Waals surface area contributed by atoms with Crippen LogP contribution >= 0.6 is 11.3 Å². The number of nitrogens with zero attached hydrogens (tertiary/aromatic N) is 2. The number of anilines is 1. The standard InChI is InChI=1S/C11H9N3OS/c1-2-4-9-8(3-1)14-11(15-9)13-7-10-12-5-6-16-10/h1-6H,7H2,(H,13,14). The molecule has 5 heteroatoms. The summed E-state index contributed by atoms with van der Waals surface area (Å²) in [4.78, 5) is 8.48. The zero-order valence-corrected chi connectivity index (χ0v) is 9.20. The highest BCUT2D eigenvalue weighted by Crippen LogP contribution is 2.18. The van der Waals surface area contributed by atoms with E-state index >= 15 is 0 Å². The molecule has 0 aliphatic carbocycles. The van der Waals surface area contributed by atoms with Gasteiger partial charge in [0.25, 0.3) is 6.01 Å². The van der Waals surface area contributed by atoms with E-state index in [0.717, 1.165) is 16.1 Å². The van der Waals surface area contributed by atoms with Crippen molar-refractivity contribution in [3.05, 3.63) is 40.8 Å². The Morgan fingerprint density at radius 1 is 1.31 bits per heavy atom. The Kier molecular flexibility index (Phi) is 2.30. The van der Waals surface area contributed by atoms with Crippen molar-refractivity contribution in [3.8, 4) is 0 Å². The zero-order valence-electron chi connectivity index (χ0n) is 8.38. The molecule has 2 heterocycles. The molecule has 0 radical (unpaired) electrons. The highest BCUT2D eigenvalue weighted by atomic mass is 32.1. The minimum absolute atomic E-state index is 0.538. The van der Waals surface area contributed by atoms with E-state index in [1.165, 1.54) is 0 Å². The molecule has 1 aromatic carbocycles. The SMILES string of the molecule is c1ccc2oc(NCc3nccs3)nc2c1. The molecule has 80 valence electrons. The van der Waals surface area contributed by atoms with Gasteiger partial charge < -0.3 is 9.73 Å². The largest absolute Gasteiger partial charge is 0.424 e. The molecule has 16 heavy (non-hydrogen) atoms. The second-order valence-electron chi connectivity index (χ2n) is 3.27. The quantitative estimate of drug-likeness (QED) is 0.753. The van der Waals surface area contributed by atoms with Crippen LogP contribution < -0.4 is 5.32 Å². The maximum atomic E-state index is 5.52. The average Bonchev–Trinajstić information content (AvgIpc) is 2.95. The third kappa shape index (κ3) is 1.77. The molecule has 2 aromatic heterocycles. The van der Waals surface area contributed by atoms with Gasteiger partial charge in [0, 0.05) is 11.6 Å². The summed E-state index contributed by atoms with van der Waals surface area (Å²) in [6.07, 6.45) is 1.79. The van der Waals surface area contributed by atoms with Crippen molar-refractivity contribution in [3.63, 3.8) is 0 Å². The van der Waals surface area contributed by atoms with Crippen LogP contribution in [0.5, 0.6) is 0 Å². The Morgan fingerprint density at radius 2 is 2.25 bits per heavy atom. The van der Waals surface area contributed by atoms with E-state index in [0.29, 0.717) is 12.6 Å². The number of oxazole rings is 1. The number of thiazole rings is 1. The fourth-order valence-electron chi connectivity index (χ4n) is 1.44. The van der Waals surface area contributed by atoms with Crippen LogP contribution in [0.15, 0.2) is 40.3 Å². The van der Waals surface area contributed by atoms with Crippen molar-refractivity contribution < 1.29 is 4.42 Å². The lowest BCUT2D eigenvalue weighted by Gasteiger charge is -1.95. The summed E-state index contributed by atoms with van der Waals surface area (Å²) in [5.74, 6) is 0. The molecule has 0 fully saturated rings. The third-order valence-corrected chi connectivity index (χ3v) is 2.95. The molecule has 0 saturated carbocycles. The Hall–Kier alpha value is -1.88. The van der Waals surface area contributed by atoms with Crippen LogP contribution in [0.4, 0.5) is 6.01 Å². The highest BCUT2D eigenvalue weighted by molar-refractivity contribution is 7.09. The first-order chi connectivity index (χ1) is 7.92. The molecule has 0 aliphatic rings. The fraction of sp³-hybridized carbons (Fsp3) is 0.0909. The van der Waals surface area contributed by atoms with E-state index in [1.54, 1.807) is 17.5 Å². The van der Waals surface area contributed by atoms with Gasteiger partial charge in [0.1, 0.15) is 10.5 Å². The molecule has 3 aromatic rings. The minimum Gasteiger partial charge on any atom is -0.424 e. The summed E-state index contributed by atoms with van der Waals surface area (Å²) >= 11 is 1.61. The van der Waals surface area contributed by atoms with Gasteiger partial charge in [-0.15, -0.1) is 11.3 Å². The van der Waals surface area contributed by atoms with Gasteiger partial charge in [0.2, 0.25) is 0 Å². The number of para-hydroxylation sites is 2. The molecular formula is C11H9N3OS. The molecule has 0 saturated heterocycles. The van der Waals surface area contributed by atoms with Gasteiger partial charge in [-0.3, -0.25) is 0 Å². The number of hydrogen-bond acceptors (Lipinski definition) is 5. The number of nitrogens with one attached hydrogen (secondary N) is 1. The van der Waals surface area contributed by atoms with Gasteiger partial charge in [0.15, 0.2) is 5.58 Å². The second kappa shape index (κ2) is 3.94. The van der Waals surface area contributed by atoms with Crippen molar-refractivity contribution in [2.24, 2.45) is 0 Å². The Morgan fingerprint density at radius 3 is 3.06 bits per heavy atom. The molecule has 0 bridgehead atoms. The Labute approximate surface area is 96.0 Å². The van der Waals surface area contributed by atoms with Crippen molar-refractivity contribution in [2.75, 3.05) is 5.32 Å². The Bertz CT molecular complexity index is 555. The van der Waals surface area contributed by atoms with Crippen molar-refractivity contribution in [1.29, 1.82) is 0 Å². The van der Waals surface area contributed by atoms with Gasteiger partial charge in [-0.05, 0) is 12.1 Å². The third-order valence-electron chi connectivity index (χ3n) is 2.17. The predicted molar refractivity (Wildman–Crippen MR) is 63.4 cm³/mol. The van der Waals surface area contributed by atoms with Crippen molar-refractivity contribution >= 4 is 28.5 Å². The number of rotatable bonds is 3. The summed E-state index contributed by atoms with van der Waals surface area (Å²) in [6, 6.07) is 8.23. The smallest absolute Gasteiger partial charge is 0.296 e. The molecule has 0 aliphatic heterocycles. The van der Waals surface area contributed by atoms with E-state index in [9.17, 15) is 0 Å². The van der Waals surface area contributed by atoms with E-state index in [-0.39, 0.29) is 0 Å². The van der Waals surface area contributed by atoms with Gasteiger partial charge >= 0.3 is 0 Å². The summed E-state index contributed by atoms with van der Waals surface area (Å²) in [7, 11) is 0. The monoisotopic (exact) mass is 231 g/mol. The number of aromatic nitrogens is 2. The van der Waals surface area contributed by atoms with Crippen LogP contribution in [-0.4, -0.2) is 9.97 Å². The lowest BCUT2D eigenvalue weighted by molar-refractivity contribution is 0.614. The summed E-state index contributed by atoms with van der Waals surface area (Å²) in [5, 5.41) is 6.07. The lowest BCUT2D eigenvalue weighted by Crippen LogP contribution is -1.98. The lowest BCUT2D eigenvalue weighted by atomic mass is 10.3. The first kappa shape index (κ1) is 9.35. The highest BCUT2D eigenvalue weighted by Gasteiger charge is 2.04. The molecule has 0 atom stereocenters. The van der Waals surface area contributed by atoms with Gasteiger partial charge in [-0.2, -0.15) is 4.98 Å². The first-order valence-electron chi connectivity index (χ1n) is 4.89. The van der Waals surface area contributed by atoms with E-state index in [2.05, 4.69) is 15.3 Å². The summed E-state index contributed by atoms with van der Waals surface area (Å²) in [5.41, 5.74) is 1.66. The van der Waals surface area contributed by atoms with Gasteiger partial charge in [0.05, 0.1) is 6.54 Å². The topological polar surface area (TPSA) is 51.0 Å². The van der Waals surface area contributed by atoms with Gasteiger partial charge in [-0.1, -0.05) is 12.1 Å². The van der Waals surface area contributed by atoms with Crippen LogP contribution in [0.1, 0.15) is 5.01 Å². The first-order valence-corrected chi connectivity index (χ1v) is 5.77. The molecule has 4 nitrogen and oxygen atoms in total. The van der Waals surface area contributed by atoms with Gasteiger partial charge in [-0.25, -0.2) is 4.98 Å². The van der Waals surface area contributed by atoms with Crippen LogP contribution in [0.25, 0.3) is 11.1 Å². The van der Waals surface area contributed by atoms with Crippen molar-refractivity contribution in [1.82, 2.24) is 9.97 Å². The normalized spacial score (nSPS) is 10.8. The summed E-state index contributed by atoms with van der Waals surface area (Å²) < 4.78 is 5.52. The van der Waals surface area contributed by atoms with E-state index in [4.69, 9.17) is 4.42 Å². The predicted octanol–water partition coefficient (Wildman–Crippen LogP) is 2.90. The Balaban J connectivity index is 1.79. The van der Waals surface area contributed by atoms with E-state index in [1.807, 2.05) is 29.6 Å². The molecule has 0 amide bonds. The second-order valence-corrected chi connectivity index (χ2v) is 4.25. The molecule has 3 rings (SSSR count). The van der Waals surface area contributed by atoms with Crippen LogP contribution in [0.2, 0.25) is 0 Å². The maximum absolute atomic E-state index is 5.52. The summed E-state index contributed by atoms with van der Waals surface area (Å²) in [6.45, 7) is 0.643. The fourth-order valence-corrected chi connectivity index (χ4v) is 2.00. The molecule has 0 unspecified atom stereocenters. The zero-order chi connectivity index (χ0) is 10.8. The van der Waals surface area contributed by atoms with Crippen LogP contribution in [-0.2, 0) is 6.54 Å². The molecule has 0 spiro atoms.